The molecule has 0 bridgehead atoms. The van der Waals surface area contributed by atoms with E-state index in [4.69, 9.17) is 14.2 Å². The highest BCUT2D eigenvalue weighted by Gasteiger charge is 2.25. The predicted molar refractivity (Wildman–Crippen MR) is 244 cm³/mol. The van der Waals surface area contributed by atoms with E-state index in [0.717, 1.165) is 83.5 Å². The molecule has 59 heavy (non-hydrogen) atoms. The highest BCUT2D eigenvalue weighted by molar-refractivity contribution is 5.70. The number of carboxylic acid groups (broad SMARTS) is 1. The summed E-state index contributed by atoms with van der Waals surface area (Å²) < 4.78 is 17.1. The number of quaternary nitrogens is 1. The quantitative estimate of drug-likeness (QED) is 0.0201. The monoisotopic (exact) mass is 820 g/mol. The number of hydrogen-bond acceptors (Lipinski definition) is 7. The van der Waals surface area contributed by atoms with Gasteiger partial charge in [0.1, 0.15) is 12.6 Å². The van der Waals surface area contributed by atoms with Gasteiger partial charge in [0.25, 0.3) is 0 Å². The van der Waals surface area contributed by atoms with Gasteiger partial charge in [0.15, 0.2) is 6.10 Å². The lowest BCUT2D eigenvalue weighted by Gasteiger charge is -2.34. The van der Waals surface area contributed by atoms with Gasteiger partial charge in [0.05, 0.1) is 40.3 Å². The normalized spacial score (nSPS) is 14.0. The molecule has 0 N–H and O–H groups in total. The summed E-state index contributed by atoms with van der Waals surface area (Å²) in [5.74, 6) is -1.85. The van der Waals surface area contributed by atoms with Crippen molar-refractivity contribution >= 4 is 17.9 Å². The number of nitrogens with zero attached hydrogens (tertiary/aromatic N) is 1. The molecule has 0 aromatic rings. The number of carbonyl (C=O) groups excluding carboxylic acids is 3. The van der Waals surface area contributed by atoms with Crippen molar-refractivity contribution in [2.45, 2.75) is 154 Å². The number of carboxylic acids is 1. The Labute approximate surface area is 359 Å². The number of aliphatic carboxylic acids is 1. The van der Waals surface area contributed by atoms with Gasteiger partial charge in [-0.2, -0.15) is 0 Å². The first-order valence-electron chi connectivity index (χ1n) is 22.4. The van der Waals surface area contributed by atoms with E-state index in [1.807, 2.05) is 0 Å². The standard InChI is InChI=1S/C51H81NO7/c1-6-8-10-12-14-16-18-20-22-23-24-25-26-28-30-32-34-36-38-40-42-50(54)59-47(45-57-44-43-48(51(55)56)52(3,4)5)46-58-49(53)41-39-37-35-33-31-29-27-21-19-17-15-13-11-9-7-2/h8-11,13-17,19-20,22,24-25,28,30,34,36,47-48H,6-7,12,18,21,23,26-27,29,31-33,35,37-46H2,1-5H3/b10-8+,11-9+,15-13+,16-14+,19-17+,22-20+,25-24+,30-28+,36-34+. The number of allylic oxidation sites excluding steroid dienone is 18. The zero-order valence-electron chi connectivity index (χ0n) is 37.6. The first kappa shape index (κ1) is 55.0. The largest absolute Gasteiger partial charge is 0.544 e. The Morgan fingerprint density at radius 1 is 0.525 bits per heavy atom. The van der Waals surface area contributed by atoms with Crippen LogP contribution in [0, 0.1) is 0 Å². The fourth-order valence-corrected chi connectivity index (χ4v) is 5.79. The van der Waals surface area contributed by atoms with Gasteiger partial charge in [-0.3, -0.25) is 9.59 Å². The molecule has 0 radical (unpaired) electrons. The van der Waals surface area contributed by atoms with E-state index in [-0.39, 0.29) is 49.1 Å². The van der Waals surface area contributed by atoms with Gasteiger partial charge in [-0.25, -0.2) is 0 Å². The SMILES string of the molecule is CC/C=C/C=C/C=C/CCCCCCCCCC(=O)OCC(COCCC(C(=O)[O-])[N+](C)(C)C)OC(=O)CCC/C=C/C/C=C/C/C=C/C/C=C/C/C=C/C/C=C/CC. The first-order chi connectivity index (χ1) is 28.6. The summed E-state index contributed by atoms with van der Waals surface area (Å²) in [7, 11) is 5.37. The number of esters is 2. The highest BCUT2D eigenvalue weighted by Crippen LogP contribution is 2.12. The summed E-state index contributed by atoms with van der Waals surface area (Å²) in [5, 5.41) is 11.6. The van der Waals surface area contributed by atoms with Crippen molar-refractivity contribution in [1.82, 2.24) is 0 Å². The van der Waals surface area contributed by atoms with Crippen LogP contribution in [0.3, 0.4) is 0 Å². The number of unbranched alkanes of at least 4 members (excludes halogenated alkanes) is 8. The Bertz CT molecular complexity index is 1330. The number of ether oxygens (including phenoxy) is 3. The third-order valence-electron chi connectivity index (χ3n) is 9.22. The molecule has 0 heterocycles. The third-order valence-corrected chi connectivity index (χ3v) is 9.22. The van der Waals surface area contributed by atoms with Crippen LogP contribution in [0.4, 0.5) is 0 Å². The topological polar surface area (TPSA) is 102 Å². The Morgan fingerprint density at radius 2 is 1.00 bits per heavy atom. The number of rotatable bonds is 38. The number of hydrogen-bond donors (Lipinski definition) is 0. The van der Waals surface area contributed by atoms with Crippen LogP contribution in [-0.2, 0) is 28.6 Å². The lowest BCUT2D eigenvalue weighted by atomic mass is 10.1. The van der Waals surface area contributed by atoms with Crippen molar-refractivity contribution in [2.75, 3.05) is 41.0 Å². The minimum absolute atomic E-state index is 0.00583. The van der Waals surface area contributed by atoms with Crippen LogP contribution >= 0.6 is 0 Å². The van der Waals surface area contributed by atoms with Gasteiger partial charge >= 0.3 is 11.9 Å². The summed E-state index contributed by atoms with van der Waals surface area (Å²) >= 11 is 0. The maximum atomic E-state index is 12.7. The van der Waals surface area contributed by atoms with Gasteiger partial charge in [0, 0.05) is 19.3 Å². The summed E-state index contributed by atoms with van der Waals surface area (Å²) in [6.45, 7) is 4.32. The molecule has 0 fully saturated rings. The molecular formula is C51H81NO7. The van der Waals surface area contributed by atoms with Crippen LogP contribution in [0.15, 0.2) is 109 Å². The van der Waals surface area contributed by atoms with Crippen LogP contribution < -0.4 is 5.11 Å². The van der Waals surface area contributed by atoms with Gasteiger partial charge in [-0.1, -0.05) is 155 Å². The molecular weight excluding hydrogens is 739 g/mol. The first-order valence-corrected chi connectivity index (χ1v) is 22.4. The Kier molecular flexibility index (Phi) is 38.0. The maximum absolute atomic E-state index is 12.7. The molecule has 2 atom stereocenters. The molecule has 0 aliphatic rings. The predicted octanol–water partition coefficient (Wildman–Crippen LogP) is 11.1. The molecule has 0 aliphatic heterocycles. The zero-order chi connectivity index (χ0) is 43.5. The van der Waals surface area contributed by atoms with Gasteiger partial charge in [-0.15, -0.1) is 0 Å². The van der Waals surface area contributed by atoms with E-state index in [9.17, 15) is 19.5 Å². The summed E-state index contributed by atoms with van der Waals surface area (Å²) in [6.07, 6.45) is 55.5. The number of carbonyl (C=O) groups is 3. The molecule has 0 aliphatic carbocycles. The van der Waals surface area contributed by atoms with E-state index in [0.29, 0.717) is 12.8 Å². The second-order valence-electron chi connectivity index (χ2n) is 15.6. The van der Waals surface area contributed by atoms with Crippen molar-refractivity contribution in [1.29, 1.82) is 0 Å². The van der Waals surface area contributed by atoms with Crippen molar-refractivity contribution < 1.29 is 38.2 Å². The third kappa shape index (κ3) is 39.2. The molecule has 8 nitrogen and oxygen atoms in total. The molecule has 0 aromatic heterocycles. The maximum Gasteiger partial charge on any atom is 0.306 e. The molecule has 0 saturated heterocycles. The van der Waals surface area contributed by atoms with E-state index < -0.39 is 18.1 Å². The molecule has 8 heteroatoms. The Balaban J connectivity index is 4.49. The average molecular weight is 820 g/mol. The Morgan fingerprint density at radius 3 is 1.54 bits per heavy atom. The zero-order valence-corrected chi connectivity index (χ0v) is 37.6. The second kappa shape index (κ2) is 40.8. The van der Waals surface area contributed by atoms with E-state index in [1.54, 1.807) is 21.1 Å². The summed E-state index contributed by atoms with van der Waals surface area (Å²) in [4.78, 5) is 36.9. The smallest absolute Gasteiger partial charge is 0.306 e. The van der Waals surface area contributed by atoms with Crippen LogP contribution in [0.2, 0.25) is 0 Å². The minimum atomic E-state index is -1.14. The van der Waals surface area contributed by atoms with E-state index >= 15 is 0 Å². The van der Waals surface area contributed by atoms with Crippen LogP contribution in [0.25, 0.3) is 0 Å². The lowest BCUT2D eigenvalue weighted by molar-refractivity contribution is -0.889. The summed E-state index contributed by atoms with van der Waals surface area (Å²) in [6, 6.07) is -0.745. The fourth-order valence-electron chi connectivity index (χ4n) is 5.79. The van der Waals surface area contributed by atoms with Crippen LogP contribution in [-0.4, -0.2) is 75.5 Å². The molecule has 0 aromatic carbocycles. The Hall–Kier alpha value is -4.01. The second-order valence-corrected chi connectivity index (χ2v) is 15.6. The molecule has 0 spiro atoms. The minimum Gasteiger partial charge on any atom is -0.544 e. The fraction of sp³-hybridized carbons (Fsp3) is 0.588. The van der Waals surface area contributed by atoms with E-state index in [2.05, 4.69) is 123 Å². The summed E-state index contributed by atoms with van der Waals surface area (Å²) in [5.41, 5.74) is 0. The number of likely N-dealkylation sites (N-methyl/N-ethyl adjacent to an activating group) is 1. The van der Waals surface area contributed by atoms with Crippen LogP contribution in [0.1, 0.15) is 142 Å². The van der Waals surface area contributed by atoms with E-state index in [1.165, 1.54) is 19.3 Å². The molecule has 0 saturated carbocycles. The average Bonchev–Trinajstić information content (AvgIpc) is 3.19. The van der Waals surface area contributed by atoms with Crippen molar-refractivity contribution in [2.24, 2.45) is 0 Å². The molecule has 2 unspecified atom stereocenters. The van der Waals surface area contributed by atoms with Crippen LogP contribution in [0.5, 0.6) is 0 Å². The van der Waals surface area contributed by atoms with Gasteiger partial charge < -0.3 is 28.6 Å². The molecule has 0 amide bonds. The van der Waals surface area contributed by atoms with Crippen molar-refractivity contribution in [3.05, 3.63) is 109 Å². The van der Waals surface area contributed by atoms with Gasteiger partial charge in [-0.05, 0) is 77.0 Å². The molecule has 332 valence electrons. The van der Waals surface area contributed by atoms with Crippen molar-refractivity contribution in [3.8, 4) is 0 Å². The highest BCUT2D eigenvalue weighted by atomic mass is 16.6. The van der Waals surface area contributed by atoms with Gasteiger partial charge in [0.2, 0.25) is 0 Å². The van der Waals surface area contributed by atoms with Crippen molar-refractivity contribution in [3.63, 3.8) is 0 Å². The molecule has 0 rings (SSSR count). The lowest BCUT2D eigenvalue weighted by Crippen LogP contribution is -2.55.